The van der Waals surface area contributed by atoms with Gasteiger partial charge in [-0.1, -0.05) is 29.8 Å². The number of hydrogen-bond donors (Lipinski definition) is 0. The van der Waals surface area contributed by atoms with Gasteiger partial charge in [0, 0.05) is 34.9 Å². The molecule has 140 valence electrons. The van der Waals surface area contributed by atoms with E-state index in [0.29, 0.717) is 29.6 Å². The first kappa shape index (κ1) is 18.4. The Kier molecular flexibility index (Phi) is 5.50. The van der Waals surface area contributed by atoms with Crippen LogP contribution in [0.1, 0.15) is 21.8 Å². The highest BCUT2D eigenvalue weighted by atomic mass is 35.5. The fourth-order valence-corrected chi connectivity index (χ4v) is 3.69. The number of pyridine rings is 1. The number of carbonyl (C=O) groups is 1. The average Bonchev–Trinajstić information content (AvgIpc) is 3.40. The van der Waals surface area contributed by atoms with Crippen LogP contribution in [0.15, 0.2) is 77.0 Å². The van der Waals surface area contributed by atoms with Crippen molar-refractivity contribution in [2.75, 3.05) is 0 Å². The summed E-state index contributed by atoms with van der Waals surface area (Å²) in [6.45, 7) is 0.774. The Hall–Kier alpha value is -2.96. The Morgan fingerprint density at radius 2 is 1.96 bits per heavy atom. The van der Waals surface area contributed by atoms with Gasteiger partial charge in [-0.2, -0.15) is 0 Å². The molecule has 0 aliphatic carbocycles. The van der Waals surface area contributed by atoms with Crippen LogP contribution in [0.2, 0.25) is 5.02 Å². The largest absolute Gasteiger partial charge is 0.467 e. The summed E-state index contributed by atoms with van der Waals surface area (Å²) in [6.07, 6.45) is 5.06. The van der Waals surface area contributed by atoms with Crippen molar-refractivity contribution in [2.24, 2.45) is 0 Å². The van der Waals surface area contributed by atoms with Crippen LogP contribution in [0.25, 0.3) is 10.6 Å². The Morgan fingerprint density at radius 3 is 2.68 bits per heavy atom. The van der Waals surface area contributed by atoms with Crippen LogP contribution < -0.4 is 0 Å². The van der Waals surface area contributed by atoms with Gasteiger partial charge in [0.25, 0.3) is 5.91 Å². The van der Waals surface area contributed by atoms with E-state index in [1.54, 1.807) is 28.9 Å². The molecule has 0 spiro atoms. The lowest BCUT2D eigenvalue weighted by atomic mass is 10.2. The molecule has 0 aliphatic rings. The minimum Gasteiger partial charge on any atom is -0.467 e. The monoisotopic (exact) mass is 409 g/mol. The van der Waals surface area contributed by atoms with E-state index in [1.165, 1.54) is 11.3 Å². The van der Waals surface area contributed by atoms with Crippen molar-refractivity contribution in [2.45, 2.75) is 13.1 Å². The van der Waals surface area contributed by atoms with Crippen LogP contribution in [0.4, 0.5) is 0 Å². The van der Waals surface area contributed by atoms with E-state index in [-0.39, 0.29) is 5.91 Å². The lowest BCUT2D eigenvalue weighted by Crippen LogP contribution is -2.30. The van der Waals surface area contributed by atoms with Gasteiger partial charge < -0.3 is 9.32 Å². The van der Waals surface area contributed by atoms with Crippen LogP contribution in [-0.4, -0.2) is 20.8 Å². The third-order valence-electron chi connectivity index (χ3n) is 4.12. The highest BCUT2D eigenvalue weighted by molar-refractivity contribution is 7.13. The Labute approximate surface area is 171 Å². The van der Waals surface area contributed by atoms with E-state index >= 15 is 0 Å². The molecular formula is C21H16ClN3O2S. The van der Waals surface area contributed by atoms with Crippen molar-refractivity contribution in [3.05, 3.63) is 94.6 Å². The van der Waals surface area contributed by atoms with E-state index in [4.69, 9.17) is 16.0 Å². The Balaban J connectivity index is 1.58. The van der Waals surface area contributed by atoms with Crippen LogP contribution >= 0.6 is 22.9 Å². The smallest absolute Gasteiger partial charge is 0.274 e. The normalized spacial score (nSPS) is 10.8. The van der Waals surface area contributed by atoms with Gasteiger partial charge in [0.05, 0.1) is 12.8 Å². The maximum atomic E-state index is 13.2. The van der Waals surface area contributed by atoms with Gasteiger partial charge in [-0.15, -0.1) is 11.3 Å². The molecule has 3 aromatic heterocycles. The molecule has 5 nitrogen and oxygen atoms in total. The lowest BCUT2D eigenvalue weighted by Gasteiger charge is -2.20. The first-order valence-corrected chi connectivity index (χ1v) is 9.87. The van der Waals surface area contributed by atoms with Crippen molar-refractivity contribution in [1.82, 2.24) is 14.9 Å². The summed E-state index contributed by atoms with van der Waals surface area (Å²) in [4.78, 5) is 23.5. The summed E-state index contributed by atoms with van der Waals surface area (Å²) in [7, 11) is 0. The van der Waals surface area contributed by atoms with E-state index in [9.17, 15) is 4.79 Å². The number of furan rings is 1. The molecule has 0 saturated carbocycles. The number of amides is 1. The number of hydrogen-bond acceptors (Lipinski definition) is 5. The predicted molar refractivity (Wildman–Crippen MR) is 109 cm³/mol. The second-order valence-electron chi connectivity index (χ2n) is 6.15. The molecule has 0 aliphatic heterocycles. The molecule has 3 heterocycles. The zero-order valence-corrected chi connectivity index (χ0v) is 16.4. The number of nitrogens with zero attached hydrogens (tertiary/aromatic N) is 3. The van der Waals surface area contributed by atoms with Gasteiger partial charge in [-0.05, 0) is 35.9 Å². The minimum atomic E-state index is -0.156. The first-order chi connectivity index (χ1) is 13.7. The number of benzene rings is 1. The van der Waals surface area contributed by atoms with Crippen molar-refractivity contribution in [3.8, 4) is 10.6 Å². The van der Waals surface area contributed by atoms with E-state index in [0.717, 1.165) is 16.1 Å². The summed E-state index contributed by atoms with van der Waals surface area (Å²) >= 11 is 7.38. The van der Waals surface area contributed by atoms with Crippen molar-refractivity contribution in [1.29, 1.82) is 0 Å². The van der Waals surface area contributed by atoms with E-state index in [1.807, 2.05) is 48.5 Å². The molecule has 4 aromatic rings. The minimum absolute atomic E-state index is 0.156. The molecule has 0 N–H and O–H groups in total. The van der Waals surface area contributed by atoms with Gasteiger partial charge in [0.1, 0.15) is 16.5 Å². The fourth-order valence-electron chi connectivity index (χ4n) is 2.76. The average molecular weight is 410 g/mol. The maximum absolute atomic E-state index is 13.2. The zero-order chi connectivity index (χ0) is 19.3. The van der Waals surface area contributed by atoms with Crippen molar-refractivity contribution < 1.29 is 9.21 Å². The number of rotatable bonds is 6. The topological polar surface area (TPSA) is 59.2 Å². The number of aromatic nitrogens is 2. The highest BCUT2D eigenvalue weighted by Gasteiger charge is 2.21. The molecule has 0 unspecified atom stereocenters. The molecule has 0 atom stereocenters. The Morgan fingerprint density at radius 1 is 1.11 bits per heavy atom. The van der Waals surface area contributed by atoms with Gasteiger partial charge in [0.15, 0.2) is 0 Å². The summed E-state index contributed by atoms with van der Waals surface area (Å²) in [5.74, 6) is 0.558. The zero-order valence-electron chi connectivity index (χ0n) is 14.8. The molecule has 1 aromatic carbocycles. The summed E-state index contributed by atoms with van der Waals surface area (Å²) in [5, 5.41) is 3.22. The van der Waals surface area contributed by atoms with Gasteiger partial charge in [-0.25, -0.2) is 4.98 Å². The fraction of sp³-hybridized carbons (Fsp3) is 0.0952. The third kappa shape index (κ3) is 4.30. The molecule has 28 heavy (non-hydrogen) atoms. The molecule has 1 amide bonds. The molecular weight excluding hydrogens is 394 g/mol. The first-order valence-electron chi connectivity index (χ1n) is 8.61. The van der Waals surface area contributed by atoms with Gasteiger partial charge in [0.2, 0.25) is 0 Å². The summed E-state index contributed by atoms with van der Waals surface area (Å²) < 4.78 is 5.43. The molecule has 0 fully saturated rings. The van der Waals surface area contributed by atoms with Crippen LogP contribution in [0.3, 0.4) is 0 Å². The molecule has 0 bridgehead atoms. The quantitative estimate of drug-likeness (QED) is 0.434. The SMILES string of the molecule is O=C(c1csc(-c2ccc(Cl)cc2)n1)N(Cc1cccnc1)Cc1ccco1. The van der Waals surface area contributed by atoms with Crippen LogP contribution in [-0.2, 0) is 13.1 Å². The van der Waals surface area contributed by atoms with Gasteiger partial charge >= 0.3 is 0 Å². The number of halogens is 1. The van der Waals surface area contributed by atoms with Crippen LogP contribution in [0, 0.1) is 0 Å². The Bertz CT molecular complexity index is 1050. The standard InChI is InChI=1S/C21H16ClN3O2S/c22-17-7-5-16(6-8-17)20-24-19(14-28-20)21(26)25(13-18-4-2-10-27-18)12-15-3-1-9-23-11-15/h1-11,14H,12-13H2. The molecule has 4 rings (SSSR count). The number of carbonyl (C=O) groups excluding carboxylic acids is 1. The van der Waals surface area contributed by atoms with Crippen molar-refractivity contribution >= 4 is 28.8 Å². The predicted octanol–water partition coefficient (Wildman–Crippen LogP) is 5.29. The number of thiazole rings is 1. The lowest BCUT2D eigenvalue weighted by molar-refractivity contribution is 0.0712. The second kappa shape index (κ2) is 8.37. The van der Waals surface area contributed by atoms with E-state index in [2.05, 4.69) is 9.97 Å². The van der Waals surface area contributed by atoms with Gasteiger partial charge in [-0.3, -0.25) is 9.78 Å². The second-order valence-corrected chi connectivity index (χ2v) is 7.44. The van der Waals surface area contributed by atoms with E-state index < -0.39 is 0 Å². The summed E-state index contributed by atoms with van der Waals surface area (Å²) in [6, 6.07) is 14.9. The molecule has 0 saturated heterocycles. The highest BCUT2D eigenvalue weighted by Crippen LogP contribution is 2.26. The molecule has 0 radical (unpaired) electrons. The van der Waals surface area contributed by atoms with Crippen molar-refractivity contribution in [3.63, 3.8) is 0 Å². The maximum Gasteiger partial charge on any atom is 0.274 e. The molecule has 7 heteroatoms. The van der Waals surface area contributed by atoms with Crippen LogP contribution in [0.5, 0.6) is 0 Å². The summed E-state index contributed by atoms with van der Waals surface area (Å²) in [5.41, 5.74) is 2.28. The third-order valence-corrected chi connectivity index (χ3v) is 5.27.